The number of carbonyl (C=O) groups excluding carboxylic acids is 2. The molecule has 5 N–H and O–H groups in total. The first-order chi connectivity index (χ1) is 16.7. The van der Waals surface area contributed by atoms with Gasteiger partial charge in [0.15, 0.2) is 0 Å². The second-order valence-electron chi connectivity index (χ2n) is 9.24. The van der Waals surface area contributed by atoms with Crippen molar-refractivity contribution in [1.82, 2.24) is 20.6 Å². The van der Waals surface area contributed by atoms with E-state index in [4.69, 9.17) is 10.5 Å². The quantitative estimate of drug-likeness (QED) is 0.297. The van der Waals surface area contributed by atoms with Gasteiger partial charge in [-0.3, -0.25) is 4.79 Å². The van der Waals surface area contributed by atoms with Crippen LogP contribution in [0.4, 0.5) is 10.6 Å². The lowest BCUT2D eigenvalue weighted by Crippen LogP contribution is -2.45. The fraction of sp³-hybridized carbons (Fsp3) is 0.269. The number of thiophene rings is 1. The molecule has 0 radical (unpaired) electrons. The third-order valence-electron chi connectivity index (χ3n) is 5.20. The predicted molar refractivity (Wildman–Crippen MR) is 139 cm³/mol. The highest BCUT2D eigenvalue weighted by Crippen LogP contribution is 2.34. The van der Waals surface area contributed by atoms with Gasteiger partial charge in [0.2, 0.25) is 0 Å². The molecule has 3 heterocycles. The summed E-state index contributed by atoms with van der Waals surface area (Å²) in [7, 11) is 0. The Hall–Kier alpha value is -3.85. The van der Waals surface area contributed by atoms with E-state index < -0.39 is 11.7 Å². The van der Waals surface area contributed by atoms with Gasteiger partial charge in [-0.2, -0.15) is 0 Å². The van der Waals surface area contributed by atoms with Crippen molar-refractivity contribution in [1.29, 1.82) is 0 Å². The van der Waals surface area contributed by atoms with Gasteiger partial charge >= 0.3 is 6.09 Å². The minimum absolute atomic E-state index is 0.208. The summed E-state index contributed by atoms with van der Waals surface area (Å²) in [6.07, 6.45) is 1.85. The number of ether oxygens (including phenoxy) is 1. The average Bonchev–Trinajstić information content (AvgIpc) is 3.46. The second kappa shape index (κ2) is 10.2. The Labute approximate surface area is 207 Å². The maximum Gasteiger partial charge on any atom is 0.407 e. The number of benzene rings is 1. The fourth-order valence-corrected chi connectivity index (χ4v) is 4.66. The molecule has 0 saturated carbocycles. The lowest BCUT2D eigenvalue weighted by molar-refractivity contribution is 0.0520. The van der Waals surface area contributed by atoms with Crippen LogP contribution in [0.2, 0.25) is 0 Å². The van der Waals surface area contributed by atoms with Gasteiger partial charge in [-0.25, -0.2) is 9.78 Å². The molecule has 0 aliphatic rings. The van der Waals surface area contributed by atoms with E-state index in [-0.39, 0.29) is 18.5 Å². The molecule has 0 aliphatic heterocycles. The number of fused-ring (bicyclic) bond motifs is 1. The minimum atomic E-state index is -0.600. The van der Waals surface area contributed by atoms with Crippen LogP contribution in [0.1, 0.15) is 36.0 Å². The van der Waals surface area contributed by atoms with E-state index in [9.17, 15) is 9.59 Å². The van der Waals surface area contributed by atoms with Gasteiger partial charge in [0, 0.05) is 28.6 Å². The lowest BCUT2D eigenvalue weighted by Gasteiger charge is -2.22. The molecule has 1 atom stereocenters. The van der Waals surface area contributed by atoms with Crippen LogP contribution >= 0.6 is 11.3 Å². The summed E-state index contributed by atoms with van der Waals surface area (Å²) in [5, 5.41) is 6.78. The van der Waals surface area contributed by atoms with Crippen molar-refractivity contribution < 1.29 is 14.3 Å². The molecule has 4 aromatic rings. The average molecular weight is 492 g/mol. The molecule has 8 nitrogen and oxygen atoms in total. The number of nitrogens with two attached hydrogens (primary N) is 1. The summed E-state index contributed by atoms with van der Waals surface area (Å²) in [4.78, 5) is 34.2. The molecule has 0 fully saturated rings. The van der Waals surface area contributed by atoms with E-state index >= 15 is 0 Å². The maximum atomic E-state index is 13.2. The summed E-state index contributed by atoms with van der Waals surface area (Å²) in [6.45, 7) is 5.66. The number of pyridine rings is 1. The monoisotopic (exact) mass is 491 g/mol. The molecule has 3 aromatic heterocycles. The van der Waals surface area contributed by atoms with E-state index in [2.05, 4.69) is 20.6 Å². The SMILES string of the molecule is CC(C)(C)OC(=O)NCC(Cc1ccccc1)NC(=O)c1ccc(-c2cc(N)nc3[nH]ccc23)s1. The number of nitrogens with one attached hydrogen (secondary N) is 3. The molecule has 0 aliphatic carbocycles. The van der Waals surface area contributed by atoms with Gasteiger partial charge in [0.25, 0.3) is 5.91 Å². The molecule has 4 rings (SSSR count). The molecule has 1 aromatic carbocycles. The highest BCUT2D eigenvalue weighted by atomic mass is 32.1. The van der Waals surface area contributed by atoms with Crippen molar-refractivity contribution in [3.63, 3.8) is 0 Å². The zero-order chi connectivity index (χ0) is 25.0. The Morgan fingerprint density at radius 2 is 1.91 bits per heavy atom. The Morgan fingerprint density at radius 1 is 1.14 bits per heavy atom. The van der Waals surface area contributed by atoms with Gasteiger partial charge in [-0.15, -0.1) is 11.3 Å². The molecule has 182 valence electrons. The Balaban J connectivity index is 1.49. The van der Waals surface area contributed by atoms with Crippen molar-refractivity contribution in [3.8, 4) is 10.4 Å². The second-order valence-corrected chi connectivity index (χ2v) is 10.3. The van der Waals surface area contributed by atoms with Crippen molar-refractivity contribution in [2.75, 3.05) is 12.3 Å². The summed E-state index contributed by atoms with van der Waals surface area (Å²) in [5.41, 5.74) is 8.05. The smallest absolute Gasteiger partial charge is 0.407 e. The standard InChI is InChI=1S/C26H29N5O3S/c1-26(2,3)34-25(33)29-15-17(13-16-7-5-4-6-8-16)30-24(32)21-10-9-20(35-21)19-14-22(27)31-23-18(19)11-12-28-23/h4-12,14,17H,13,15H2,1-3H3,(H,29,33)(H,30,32)(H3,27,28,31). The Bertz CT molecular complexity index is 1320. The number of carbonyl (C=O) groups is 2. The number of aromatic nitrogens is 2. The van der Waals surface area contributed by atoms with Crippen molar-refractivity contribution >= 4 is 40.2 Å². The van der Waals surface area contributed by atoms with Gasteiger partial charge < -0.3 is 26.1 Å². The normalized spacial score (nSPS) is 12.3. The number of H-pyrrole nitrogens is 1. The Morgan fingerprint density at radius 3 is 2.66 bits per heavy atom. The van der Waals surface area contributed by atoms with Gasteiger partial charge in [0.05, 0.1) is 10.9 Å². The van der Waals surface area contributed by atoms with Crippen LogP contribution in [0.15, 0.2) is 60.8 Å². The largest absolute Gasteiger partial charge is 0.444 e. The number of hydrogen-bond acceptors (Lipinski definition) is 6. The van der Waals surface area contributed by atoms with Crippen molar-refractivity contribution in [2.24, 2.45) is 0 Å². The number of nitrogens with zero attached hydrogens (tertiary/aromatic N) is 1. The van der Waals surface area contributed by atoms with E-state index in [1.807, 2.05) is 75.5 Å². The highest BCUT2D eigenvalue weighted by Gasteiger charge is 2.21. The zero-order valence-corrected chi connectivity index (χ0v) is 20.7. The molecule has 0 spiro atoms. The number of nitrogen functional groups attached to an aromatic ring is 1. The Kier molecular flexibility index (Phi) is 7.07. The van der Waals surface area contributed by atoms with Crippen LogP contribution in [-0.4, -0.2) is 40.2 Å². The van der Waals surface area contributed by atoms with Gasteiger partial charge in [0.1, 0.15) is 17.1 Å². The molecular weight excluding hydrogens is 462 g/mol. The number of rotatable bonds is 7. The van der Waals surface area contributed by atoms with E-state index in [0.717, 1.165) is 21.4 Å². The first-order valence-electron chi connectivity index (χ1n) is 11.3. The van der Waals surface area contributed by atoms with Crippen molar-refractivity contribution in [3.05, 3.63) is 71.2 Å². The predicted octanol–water partition coefficient (Wildman–Crippen LogP) is 4.74. The van der Waals surface area contributed by atoms with Gasteiger partial charge in [-0.05, 0) is 57.0 Å². The number of aromatic amines is 1. The number of alkyl carbamates (subject to hydrolysis) is 1. The first kappa shape index (κ1) is 24.3. The van der Waals surface area contributed by atoms with Crippen LogP contribution in [0.5, 0.6) is 0 Å². The summed E-state index contributed by atoms with van der Waals surface area (Å²) >= 11 is 1.38. The maximum absolute atomic E-state index is 13.2. The number of hydrogen-bond donors (Lipinski definition) is 4. The highest BCUT2D eigenvalue weighted by molar-refractivity contribution is 7.17. The zero-order valence-electron chi connectivity index (χ0n) is 19.9. The summed E-state index contributed by atoms with van der Waals surface area (Å²) in [5.74, 6) is 0.200. The van der Waals surface area contributed by atoms with E-state index in [1.165, 1.54) is 11.3 Å². The molecule has 35 heavy (non-hydrogen) atoms. The van der Waals surface area contributed by atoms with Crippen LogP contribution in [0.25, 0.3) is 21.5 Å². The molecule has 0 saturated heterocycles. The first-order valence-corrected chi connectivity index (χ1v) is 12.1. The third-order valence-corrected chi connectivity index (χ3v) is 6.31. The van der Waals surface area contributed by atoms with Crippen molar-refractivity contribution in [2.45, 2.75) is 38.8 Å². The minimum Gasteiger partial charge on any atom is -0.444 e. The molecular formula is C26H29N5O3S. The lowest BCUT2D eigenvalue weighted by atomic mass is 10.1. The molecule has 1 unspecified atom stereocenters. The van der Waals surface area contributed by atoms with E-state index in [1.54, 1.807) is 6.07 Å². The summed E-state index contributed by atoms with van der Waals surface area (Å²) < 4.78 is 5.34. The van der Waals surface area contributed by atoms with Gasteiger partial charge in [-0.1, -0.05) is 30.3 Å². The number of amides is 2. The summed E-state index contributed by atoms with van der Waals surface area (Å²) in [6, 6.07) is 17.0. The van der Waals surface area contributed by atoms with Crippen LogP contribution in [0.3, 0.4) is 0 Å². The van der Waals surface area contributed by atoms with E-state index in [0.29, 0.717) is 22.8 Å². The van der Waals surface area contributed by atoms with Crippen LogP contribution in [0, 0.1) is 0 Å². The molecule has 9 heteroatoms. The fourth-order valence-electron chi connectivity index (χ4n) is 3.72. The topological polar surface area (TPSA) is 122 Å². The number of anilines is 1. The molecule has 0 bridgehead atoms. The molecule has 2 amide bonds. The third kappa shape index (κ3) is 6.39. The van der Waals surface area contributed by atoms with Crippen LogP contribution < -0.4 is 16.4 Å². The van der Waals surface area contributed by atoms with Crippen LogP contribution in [-0.2, 0) is 11.2 Å².